The molecule has 0 saturated heterocycles. The fourth-order valence-electron chi connectivity index (χ4n) is 3.16. The highest BCUT2D eigenvalue weighted by Crippen LogP contribution is 2.40. The number of ether oxygens (including phenoxy) is 2. The van der Waals surface area contributed by atoms with E-state index >= 15 is 0 Å². The van der Waals surface area contributed by atoms with Crippen molar-refractivity contribution in [2.75, 3.05) is 14.2 Å². The number of hydrogen-bond donors (Lipinski definition) is 0. The van der Waals surface area contributed by atoms with Crippen LogP contribution in [0.4, 0.5) is 0 Å². The molecule has 1 heterocycles. The zero-order valence-corrected chi connectivity index (χ0v) is 14.8. The van der Waals surface area contributed by atoms with Crippen LogP contribution in [0.1, 0.15) is 18.9 Å². The van der Waals surface area contributed by atoms with Gasteiger partial charge in [-0.1, -0.05) is 30.3 Å². The molecule has 0 bridgehead atoms. The average molecular weight is 348 g/mol. The summed E-state index contributed by atoms with van der Waals surface area (Å²) >= 11 is 0. The largest absolute Gasteiger partial charge is 0.496 e. The number of para-hydroxylation sites is 2. The van der Waals surface area contributed by atoms with Crippen LogP contribution in [0.15, 0.2) is 59.4 Å². The third-order valence-corrected chi connectivity index (χ3v) is 4.61. The zero-order chi connectivity index (χ0) is 18.1. The van der Waals surface area contributed by atoms with E-state index in [1.807, 2.05) is 48.5 Å². The SMILES string of the molecule is COc1ccccc1-c1cc(=O)n(C2CC2)nc1-c1ccccc1OC. The minimum Gasteiger partial charge on any atom is -0.496 e. The summed E-state index contributed by atoms with van der Waals surface area (Å²) in [4.78, 5) is 12.7. The van der Waals surface area contributed by atoms with Gasteiger partial charge in [0.15, 0.2) is 0 Å². The van der Waals surface area contributed by atoms with E-state index in [-0.39, 0.29) is 11.6 Å². The number of hydrogen-bond acceptors (Lipinski definition) is 4. The molecule has 0 unspecified atom stereocenters. The first kappa shape index (κ1) is 16.4. The topological polar surface area (TPSA) is 53.4 Å². The van der Waals surface area contributed by atoms with Crippen LogP contribution in [0.3, 0.4) is 0 Å². The molecule has 0 aliphatic heterocycles. The van der Waals surface area contributed by atoms with Crippen molar-refractivity contribution in [3.05, 3.63) is 65.0 Å². The molecule has 1 fully saturated rings. The van der Waals surface area contributed by atoms with Crippen LogP contribution in [-0.2, 0) is 0 Å². The van der Waals surface area contributed by atoms with Gasteiger partial charge in [0.25, 0.3) is 5.56 Å². The maximum absolute atomic E-state index is 12.7. The van der Waals surface area contributed by atoms with E-state index in [4.69, 9.17) is 14.6 Å². The summed E-state index contributed by atoms with van der Waals surface area (Å²) in [7, 11) is 3.26. The van der Waals surface area contributed by atoms with Crippen LogP contribution in [0.2, 0.25) is 0 Å². The Kier molecular flexibility index (Phi) is 4.21. The predicted octanol–water partition coefficient (Wildman–Crippen LogP) is 3.93. The van der Waals surface area contributed by atoms with E-state index < -0.39 is 0 Å². The summed E-state index contributed by atoms with van der Waals surface area (Å²) in [5.41, 5.74) is 3.06. The van der Waals surface area contributed by atoms with Gasteiger partial charge in [0.1, 0.15) is 17.2 Å². The Labute approximate surface area is 151 Å². The van der Waals surface area contributed by atoms with Crippen LogP contribution < -0.4 is 15.0 Å². The van der Waals surface area contributed by atoms with Gasteiger partial charge in [0, 0.05) is 22.8 Å². The second-order valence-electron chi connectivity index (χ2n) is 6.32. The standard InChI is InChI=1S/C21H20N2O3/c1-25-18-9-5-3-7-15(18)17-13-20(24)23(14-11-12-14)22-21(17)16-8-4-6-10-19(16)26-2/h3-10,13-14H,11-12H2,1-2H3. The molecule has 3 aromatic rings. The highest BCUT2D eigenvalue weighted by molar-refractivity contribution is 5.85. The molecule has 26 heavy (non-hydrogen) atoms. The zero-order valence-electron chi connectivity index (χ0n) is 14.8. The van der Waals surface area contributed by atoms with Gasteiger partial charge in [0.2, 0.25) is 0 Å². The number of aromatic nitrogens is 2. The van der Waals surface area contributed by atoms with Crippen molar-refractivity contribution in [1.82, 2.24) is 9.78 Å². The summed E-state index contributed by atoms with van der Waals surface area (Å²) in [6, 6.07) is 17.2. The summed E-state index contributed by atoms with van der Waals surface area (Å²) in [5.74, 6) is 1.42. The first-order valence-electron chi connectivity index (χ1n) is 8.63. The van der Waals surface area contributed by atoms with E-state index in [0.29, 0.717) is 5.75 Å². The van der Waals surface area contributed by atoms with Gasteiger partial charge in [-0.3, -0.25) is 4.79 Å². The molecule has 132 valence electrons. The molecular formula is C21H20N2O3. The molecule has 1 aromatic heterocycles. The number of rotatable bonds is 5. The molecule has 5 heteroatoms. The van der Waals surface area contributed by atoms with Gasteiger partial charge in [0.05, 0.1) is 20.3 Å². The fourth-order valence-corrected chi connectivity index (χ4v) is 3.16. The minimum absolute atomic E-state index is 0.0907. The van der Waals surface area contributed by atoms with Crippen molar-refractivity contribution >= 4 is 0 Å². The van der Waals surface area contributed by atoms with E-state index in [0.717, 1.165) is 41.0 Å². The molecule has 0 amide bonds. The molecule has 0 spiro atoms. The lowest BCUT2D eigenvalue weighted by atomic mass is 9.98. The molecule has 1 aliphatic carbocycles. The van der Waals surface area contributed by atoms with E-state index in [2.05, 4.69) is 0 Å². The number of nitrogens with zero attached hydrogens (tertiary/aromatic N) is 2. The maximum atomic E-state index is 12.7. The molecule has 0 radical (unpaired) electrons. The summed E-state index contributed by atoms with van der Waals surface area (Å²) in [6.07, 6.45) is 1.98. The third-order valence-electron chi connectivity index (χ3n) is 4.61. The van der Waals surface area contributed by atoms with Crippen molar-refractivity contribution < 1.29 is 9.47 Å². The average Bonchev–Trinajstić information content (AvgIpc) is 3.53. The van der Waals surface area contributed by atoms with Crippen LogP contribution in [0.5, 0.6) is 11.5 Å². The highest BCUT2D eigenvalue weighted by Gasteiger charge is 2.28. The fraction of sp³-hybridized carbons (Fsp3) is 0.238. The minimum atomic E-state index is -0.0907. The molecule has 2 aromatic carbocycles. The van der Waals surface area contributed by atoms with Gasteiger partial charge in [-0.15, -0.1) is 0 Å². The van der Waals surface area contributed by atoms with Gasteiger partial charge < -0.3 is 9.47 Å². The molecule has 0 atom stereocenters. The van der Waals surface area contributed by atoms with Crippen LogP contribution in [-0.4, -0.2) is 24.0 Å². The van der Waals surface area contributed by atoms with E-state index in [1.54, 1.807) is 25.0 Å². The second kappa shape index (κ2) is 6.67. The normalized spacial score (nSPS) is 13.5. The molecular weight excluding hydrogens is 328 g/mol. The quantitative estimate of drug-likeness (QED) is 0.701. The van der Waals surface area contributed by atoms with Crippen molar-refractivity contribution in [2.45, 2.75) is 18.9 Å². The van der Waals surface area contributed by atoms with Gasteiger partial charge >= 0.3 is 0 Å². The van der Waals surface area contributed by atoms with Gasteiger partial charge in [-0.25, -0.2) is 4.68 Å². The van der Waals surface area contributed by atoms with Crippen molar-refractivity contribution in [1.29, 1.82) is 0 Å². The lowest BCUT2D eigenvalue weighted by Gasteiger charge is -2.16. The predicted molar refractivity (Wildman–Crippen MR) is 101 cm³/mol. The van der Waals surface area contributed by atoms with Crippen LogP contribution >= 0.6 is 0 Å². The highest BCUT2D eigenvalue weighted by atomic mass is 16.5. The van der Waals surface area contributed by atoms with Crippen LogP contribution in [0.25, 0.3) is 22.4 Å². The molecule has 5 nitrogen and oxygen atoms in total. The van der Waals surface area contributed by atoms with Crippen molar-refractivity contribution in [3.8, 4) is 33.9 Å². The maximum Gasteiger partial charge on any atom is 0.267 e. The molecule has 0 N–H and O–H groups in total. The Bertz CT molecular complexity index is 1010. The monoisotopic (exact) mass is 348 g/mol. The number of methoxy groups -OCH3 is 2. The lowest BCUT2D eigenvalue weighted by Crippen LogP contribution is -2.22. The Balaban J connectivity index is 2.02. The third kappa shape index (κ3) is 2.86. The Hall–Kier alpha value is -3.08. The van der Waals surface area contributed by atoms with Gasteiger partial charge in [-0.05, 0) is 31.0 Å². The summed E-state index contributed by atoms with van der Waals surface area (Å²) in [6.45, 7) is 0. The lowest BCUT2D eigenvalue weighted by molar-refractivity contribution is 0.415. The van der Waals surface area contributed by atoms with Crippen molar-refractivity contribution in [2.24, 2.45) is 0 Å². The van der Waals surface area contributed by atoms with Crippen molar-refractivity contribution in [3.63, 3.8) is 0 Å². The second-order valence-corrected chi connectivity index (χ2v) is 6.32. The summed E-state index contributed by atoms with van der Waals surface area (Å²) in [5, 5.41) is 4.73. The smallest absolute Gasteiger partial charge is 0.267 e. The Morgan fingerprint density at radius 3 is 2.08 bits per heavy atom. The molecule has 4 rings (SSSR count). The van der Waals surface area contributed by atoms with E-state index in [1.165, 1.54) is 0 Å². The molecule has 1 aliphatic rings. The van der Waals surface area contributed by atoms with Gasteiger partial charge in [-0.2, -0.15) is 5.10 Å². The number of benzene rings is 2. The van der Waals surface area contributed by atoms with Crippen LogP contribution in [0, 0.1) is 0 Å². The molecule has 1 saturated carbocycles. The first-order valence-corrected chi connectivity index (χ1v) is 8.63. The van der Waals surface area contributed by atoms with E-state index in [9.17, 15) is 4.79 Å². The Morgan fingerprint density at radius 1 is 0.885 bits per heavy atom. The first-order chi connectivity index (χ1) is 12.7. The summed E-state index contributed by atoms with van der Waals surface area (Å²) < 4.78 is 12.6. The Morgan fingerprint density at radius 2 is 1.46 bits per heavy atom.